The number of nitrogens with zero attached hydrogens (tertiary/aromatic N) is 2. The van der Waals surface area contributed by atoms with E-state index in [-0.39, 0.29) is 18.6 Å². The number of H-pyrrole nitrogens is 3. The molecule has 2 aliphatic heterocycles. The third-order valence-corrected chi connectivity index (χ3v) is 13.1. The number of amides is 2. The number of allylic oxidation sites excluding steroid dienone is 4. The average molecular weight is 934 g/mol. The quantitative estimate of drug-likeness (QED) is 0.0252. The number of hydrogen-bond acceptors (Lipinski definition) is 10. The molecule has 0 aromatic carbocycles. The standard InChI is InChI=1S/C53H75N9O6/c1-9-36-34(7)52-53-35(8)37(10-2)45(62-53)28-43-33(6)41(14-16-51(64)57-20-24-68-31-67-22-18-55)49(59-43)30-47-39(12-4)38(11-3)46(60-47)29-48-40(32(5)42(58-48)27-44(36)61-52)13-15-50(63)56-19-23-66-26-25-65-21-17-54/h27-30,58-60H,9-26,31,54-55H2,1-8H3,(H,56,63)(H,57,64). The number of nitrogens with two attached hydrogens (primary N) is 2. The first kappa shape index (κ1) is 52.0. The Morgan fingerprint density at radius 1 is 0.515 bits per heavy atom. The van der Waals surface area contributed by atoms with Crippen molar-refractivity contribution in [1.82, 2.24) is 35.6 Å². The lowest BCUT2D eigenvalue weighted by Crippen LogP contribution is -2.27. The fourth-order valence-electron chi connectivity index (χ4n) is 9.42. The van der Waals surface area contributed by atoms with E-state index in [2.05, 4.69) is 105 Å². The lowest BCUT2D eigenvalue weighted by atomic mass is 9.99. The van der Waals surface area contributed by atoms with Gasteiger partial charge >= 0.3 is 0 Å². The van der Waals surface area contributed by atoms with Crippen LogP contribution in [0, 0.1) is 13.8 Å². The van der Waals surface area contributed by atoms with Gasteiger partial charge in [0.2, 0.25) is 11.8 Å². The summed E-state index contributed by atoms with van der Waals surface area (Å²) in [6, 6.07) is 8.76. The van der Waals surface area contributed by atoms with Gasteiger partial charge in [0.05, 0.1) is 62.4 Å². The summed E-state index contributed by atoms with van der Waals surface area (Å²) in [6.07, 6.45) is 4.95. The van der Waals surface area contributed by atoms with Crippen molar-refractivity contribution in [2.75, 3.05) is 72.6 Å². The molecule has 0 radical (unpaired) electrons. The number of aromatic nitrogens is 5. The van der Waals surface area contributed by atoms with Crippen molar-refractivity contribution in [3.63, 3.8) is 0 Å². The van der Waals surface area contributed by atoms with Crippen molar-refractivity contribution in [1.29, 1.82) is 0 Å². The predicted molar refractivity (Wildman–Crippen MR) is 275 cm³/mol. The van der Waals surface area contributed by atoms with Gasteiger partial charge in [-0.25, -0.2) is 9.97 Å². The fourth-order valence-corrected chi connectivity index (χ4v) is 9.42. The molecular weight excluding hydrogens is 859 g/mol. The molecule has 0 atom stereocenters. The van der Waals surface area contributed by atoms with Gasteiger partial charge in [-0.2, -0.15) is 0 Å². The van der Waals surface area contributed by atoms with E-state index < -0.39 is 0 Å². The predicted octanol–water partition coefficient (Wildman–Crippen LogP) is 7.82. The number of fused-ring (bicyclic) bond motifs is 11. The zero-order chi connectivity index (χ0) is 48.7. The molecule has 2 aliphatic rings. The van der Waals surface area contributed by atoms with Gasteiger partial charge in [-0.05, 0) is 146 Å². The number of ether oxygens (including phenoxy) is 4. The number of nitrogens with one attached hydrogen (secondary N) is 5. The zero-order valence-corrected chi connectivity index (χ0v) is 41.7. The first-order valence-electron chi connectivity index (χ1n) is 24.6. The van der Waals surface area contributed by atoms with E-state index in [0.717, 1.165) is 115 Å². The van der Waals surface area contributed by atoms with Crippen LogP contribution in [0.2, 0.25) is 0 Å². The monoisotopic (exact) mass is 934 g/mol. The van der Waals surface area contributed by atoms with Crippen molar-refractivity contribution in [2.24, 2.45) is 11.5 Å². The molecule has 0 saturated carbocycles. The van der Waals surface area contributed by atoms with Crippen LogP contribution in [-0.4, -0.2) is 109 Å². The first-order valence-corrected chi connectivity index (χ1v) is 24.6. The summed E-state index contributed by atoms with van der Waals surface area (Å²) in [6.45, 7) is 21.8. The first-order chi connectivity index (χ1) is 33.0. The van der Waals surface area contributed by atoms with Crippen molar-refractivity contribution in [3.05, 3.63) is 80.4 Å². The van der Waals surface area contributed by atoms with Crippen LogP contribution >= 0.6 is 0 Å². The van der Waals surface area contributed by atoms with Crippen LogP contribution in [0.25, 0.3) is 55.4 Å². The maximum atomic E-state index is 13.3. The number of carbonyl (C=O) groups excluding carboxylic acids is 2. The van der Waals surface area contributed by atoms with Crippen molar-refractivity contribution in [2.45, 2.75) is 107 Å². The van der Waals surface area contributed by atoms with Crippen molar-refractivity contribution < 1.29 is 28.5 Å². The molecule has 68 heavy (non-hydrogen) atoms. The van der Waals surface area contributed by atoms with E-state index >= 15 is 0 Å². The summed E-state index contributed by atoms with van der Waals surface area (Å²) in [5.41, 5.74) is 31.8. The molecule has 15 nitrogen and oxygen atoms in total. The van der Waals surface area contributed by atoms with Crippen LogP contribution in [-0.2, 0) is 54.2 Å². The summed E-state index contributed by atoms with van der Waals surface area (Å²) in [4.78, 5) is 48.6. The second kappa shape index (κ2) is 25.3. The lowest BCUT2D eigenvalue weighted by Gasteiger charge is -2.07. The van der Waals surface area contributed by atoms with Gasteiger partial charge in [-0.3, -0.25) is 9.59 Å². The largest absolute Gasteiger partial charge is 0.378 e. The van der Waals surface area contributed by atoms with E-state index in [0.29, 0.717) is 91.5 Å². The second-order valence-corrected chi connectivity index (χ2v) is 17.3. The van der Waals surface area contributed by atoms with Crippen LogP contribution < -0.4 is 22.1 Å². The van der Waals surface area contributed by atoms with Gasteiger partial charge in [0, 0.05) is 72.1 Å². The molecule has 0 unspecified atom stereocenters. The molecular formula is C53H75N9O6. The van der Waals surface area contributed by atoms with Gasteiger partial charge < -0.3 is 56.0 Å². The van der Waals surface area contributed by atoms with Crippen LogP contribution in [0.4, 0.5) is 0 Å². The smallest absolute Gasteiger partial charge is 0.220 e. The highest BCUT2D eigenvalue weighted by Crippen LogP contribution is 2.40. The summed E-state index contributed by atoms with van der Waals surface area (Å²) >= 11 is 0. The third-order valence-electron chi connectivity index (χ3n) is 13.1. The number of rotatable bonds is 25. The van der Waals surface area contributed by atoms with Crippen molar-refractivity contribution >= 4 is 67.2 Å². The Labute approximate surface area is 401 Å². The minimum atomic E-state index is -0.0516. The van der Waals surface area contributed by atoms with E-state index in [9.17, 15) is 9.59 Å². The Kier molecular flexibility index (Phi) is 19.3. The highest BCUT2D eigenvalue weighted by atomic mass is 16.7. The minimum Gasteiger partial charge on any atom is -0.378 e. The molecule has 15 heteroatoms. The highest BCUT2D eigenvalue weighted by Gasteiger charge is 2.25. The zero-order valence-electron chi connectivity index (χ0n) is 41.7. The second-order valence-electron chi connectivity index (χ2n) is 17.3. The molecule has 2 amide bonds. The van der Waals surface area contributed by atoms with E-state index in [1.165, 1.54) is 22.3 Å². The number of aryl methyl sites for hydroxylation is 6. The summed E-state index contributed by atoms with van der Waals surface area (Å²) in [7, 11) is 0. The van der Waals surface area contributed by atoms with Gasteiger partial charge in [-0.1, -0.05) is 27.7 Å². The minimum absolute atomic E-state index is 0.0373. The summed E-state index contributed by atoms with van der Waals surface area (Å²) < 4.78 is 21.8. The van der Waals surface area contributed by atoms with E-state index in [4.69, 9.17) is 40.4 Å². The molecule has 0 spiro atoms. The molecule has 6 heterocycles. The Hall–Kier alpha value is -5.42. The molecule has 0 fully saturated rings. The molecule has 368 valence electrons. The maximum Gasteiger partial charge on any atom is 0.220 e. The Balaban J connectivity index is 1.49. The van der Waals surface area contributed by atoms with Crippen LogP contribution in [0.5, 0.6) is 0 Å². The Bertz CT molecular complexity index is 2690. The molecule has 6 rings (SSSR count). The Morgan fingerprint density at radius 3 is 1.35 bits per heavy atom. The topological polar surface area (TPSA) is 220 Å². The molecule has 10 bridgehead atoms. The van der Waals surface area contributed by atoms with Crippen LogP contribution in [0.3, 0.4) is 0 Å². The molecule has 0 saturated heterocycles. The van der Waals surface area contributed by atoms with Gasteiger partial charge in [-0.15, -0.1) is 0 Å². The maximum absolute atomic E-state index is 13.3. The molecule has 4 aromatic heterocycles. The van der Waals surface area contributed by atoms with Gasteiger partial charge in [0.25, 0.3) is 0 Å². The lowest BCUT2D eigenvalue weighted by molar-refractivity contribution is -0.122. The molecule has 4 aromatic rings. The number of hydrogen-bond donors (Lipinski definition) is 7. The summed E-state index contributed by atoms with van der Waals surface area (Å²) in [5.74, 6) is -0.0889. The normalized spacial score (nSPS) is 12.7. The van der Waals surface area contributed by atoms with Crippen molar-refractivity contribution in [3.8, 4) is 0 Å². The number of aromatic amines is 3. The number of carbonyl (C=O) groups is 2. The van der Waals surface area contributed by atoms with Gasteiger partial charge in [0.1, 0.15) is 6.79 Å². The molecule has 0 aliphatic carbocycles. The van der Waals surface area contributed by atoms with Gasteiger partial charge in [0.15, 0.2) is 0 Å². The third kappa shape index (κ3) is 12.4. The summed E-state index contributed by atoms with van der Waals surface area (Å²) in [5, 5.41) is 6.03. The van der Waals surface area contributed by atoms with E-state index in [1.54, 1.807) is 0 Å². The average Bonchev–Trinajstić information content (AvgIpc) is 4.09. The van der Waals surface area contributed by atoms with E-state index in [1.807, 2.05) is 0 Å². The SMILES string of the molecule is CCC1=C(C)c2nc1cc1[nH]c(cc3[nH]c(cc4[nH]c(cc5nc2C(C)=C5CC)c(C)c4CCC(=O)NCCOCOCCN)c(CC)c3CC)c(CCC(=O)NCCOCCOCCN)c1C. The molecule has 9 N–H and O–H groups in total. The highest BCUT2D eigenvalue weighted by molar-refractivity contribution is 6.00. The van der Waals surface area contributed by atoms with Crippen LogP contribution in [0.15, 0.2) is 24.3 Å². The fraction of sp³-hybridized carbons (Fsp3) is 0.509. The van der Waals surface area contributed by atoms with Crippen LogP contribution in [0.1, 0.15) is 123 Å². The Morgan fingerprint density at radius 2 is 0.912 bits per heavy atom.